The minimum Gasteiger partial charge on any atom is -0.494 e. The molecule has 0 fully saturated rings. The van der Waals surface area contributed by atoms with Gasteiger partial charge in [0.15, 0.2) is 0 Å². The Morgan fingerprint density at radius 1 is 1.25 bits per heavy atom. The van der Waals surface area contributed by atoms with Crippen LogP contribution in [-0.4, -0.2) is 16.6 Å². The number of hydrogen-bond donors (Lipinski definition) is 1. The molecule has 0 aliphatic rings. The molecule has 0 saturated carbocycles. The molecule has 0 aliphatic heterocycles. The average molecular weight is 292 g/mol. The number of aryl methyl sites for hydroxylation is 1. The highest BCUT2D eigenvalue weighted by molar-refractivity contribution is 6.30. The molecule has 0 amide bonds. The molecule has 0 saturated heterocycles. The fourth-order valence-corrected chi connectivity index (χ4v) is 2.08. The number of hydrogen-bond acceptors (Lipinski definition) is 4. The predicted molar refractivity (Wildman–Crippen MR) is 81.5 cm³/mol. The van der Waals surface area contributed by atoms with Gasteiger partial charge in [-0.2, -0.15) is 0 Å². The van der Waals surface area contributed by atoms with E-state index in [0.717, 1.165) is 22.7 Å². The highest BCUT2D eigenvalue weighted by atomic mass is 35.5. The molecule has 1 aromatic carbocycles. The first-order valence-corrected chi connectivity index (χ1v) is 6.94. The third-order valence-corrected chi connectivity index (χ3v) is 3.24. The van der Waals surface area contributed by atoms with Gasteiger partial charge in [-0.3, -0.25) is 0 Å². The summed E-state index contributed by atoms with van der Waals surface area (Å²) in [6.07, 6.45) is 0. The normalized spacial score (nSPS) is 10.4. The quantitative estimate of drug-likeness (QED) is 0.852. The van der Waals surface area contributed by atoms with Crippen LogP contribution in [0.25, 0.3) is 0 Å². The highest BCUT2D eigenvalue weighted by Gasteiger charge is 2.07. The highest BCUT2D eigenvalue weighted by Crippen LogP contribution is 2.21. The van der Waals surface area contributed by atoms with Crippen LogP contribution in [0.3, 0.4) is 0 Å². The topological polar surface area (TPSA) is 47.0 Å². The van der Waals surface area contributed by atoms with E-state index in [-0.39, 0.29) is 0 Å². The fourth-order valence-electron chi connectivity index (χ4n) is 1.86. The van der Waals surface area contributed by atoms with E-state index in [1.54, 1.807) is 0 Å². The van der Waals surface area contributed by atoms with Crippen molar-refractivity contribution in [1.29, 1.82) is 0 Å². The third kappa shape index (κ3) is 3.61. The molecular weight excluding hydrogens is 274 g/mol. The van der Waals surface area contributed by atoms with E-state index in [0.29, 0.717) is 24.1 Å². The third-order valence-electron chi connectivity index (χ3n) is 2.87. The second-order valence-corrected chi connectivity index (χ2v) is 4.83. The monoisotopic (exact) mass is 291 g/mol. The number of nitrogens with zero attached hydrogens (tertiary/aromatic N) is 2. The van der Waals surface area contributed by atoms with Crippen molar-refractivity contribution in [2.24, 2.45) is 0 Å². The van der Waals surface area contributed by atoms with Crippen molar-refractivity contribution in [3.05, 3.63) is 46.4 Å². The minimum absolute atomic E-state index is 0.489. The van der Waals surface area contributed by atoms with Gasteiger partial charge >= 0.3 is 0 Å². The molecule has 0 bridgehead atoms. The van der Waals surface area contributed by atoms with Crippen molar-refractivity contribution in [3.63, 3.8) is 0 Å². The number of benzene rings is 1. The fraction of sp³-hybridized carbons (Fsp3) is 0.333. The van der Waals surface area contributed by atoms with Gasteiger partial charge in [-0.15, -0.1) is 0 Å². The van der Waals surface area contributed by atoms with Crippen LogP contribution in [-0.2, 0) is 6.54 Å². The zero-order valence-corrected chi connectivity index (χ0v) is 12.7. The molecule has 0 aliphatic carbocycles. The van der Waals surface area contributed by atoms with Gasteiger partial charge in [-0.25, -0.2) is 9.97 Å². The molecule has 106 valence electrons. The summed E-state index contributed by atoms with van der Waals surface area (Å²) in [5.74, 6) is 2.30. The molecule has 0 atom stereocenters. The van der Waals surface area contributed by atoms with E-state index in [1.807, 2.05) is 45.0 Å². The van der Waals surface area contributed by atoms with E-state index in [1.165, 1.54) is 0 Å². The maximum Gasteiger partial charge on any atom is 0.137 e. The van der Waals surface area contributed by atoms with Gasteiger partial charge in [-0.05, 0) is 38.5 Å². The predicted octanol–water partition coefficient (Wildman–Crippen LogP) is 3.76. The second kappa shape index (κ2) is 6.57. The Bertz CT molecular complexity index is 602. The molecule has 1 aromatic heterocycles. The van der Waals surface area contributed by atoms with E-state index < -0.39 is 0 Å². The Labute approximate surface area is 124 Å². The molecule has 20 heavy (non-hydrogen) atoms. The molecular formula is C15H18ClN3O. The van der Waals surface area contributed by atoms with Crippen molar-refractivity contribution < 1.29 is 4.74 Å². The van der Waals surface area contributed by atoms with Gasteiger partial charge in [0, 0.05) is 12.1 Å². The molecule has 2 rings (SSSR count). The van der Waals surface area contributed by atoms with Gasteiger partial charge in [-0.1, -0.05) is 23.7 Å². The summed E-state index contributed by atoms with van der Waals surface area (Å²) in [7, 11) is 0. The molecule has 1 N–H and O–H groups in total. The summed E-state index contributed by atoms with van der Waals surface area (Å²) in [6.45, 7) is 7.03. The molecule has 5 heteroatoms. The second-order valence-electron chi connectivity index (χ2n) is 4.47. The average Bonchev–Trinajstić information content (AvgIpc) is 2.42. The van der Waals surface area contributed by atoms with E-state index in [4.69, 9.17) is 16.3 Å². The number of anilines is 1. The zero-order chi connectivity index (χ0) is 14.5. The molecule has 0 spiro atoms. The summed E-state index contributed by atoms with van der Waals surface area (Å²) in [5, 5.41) is 3.78. The maximum absolute atomic E-state index is 6.06. The van der Waals surface area contributed by atoms with Gasteiger partial charge in [0.2, 0.25) is 0 Å². The van der Waals surface area contributed by atoms with Crippen LogP contribution in [0.15, 0.2) is 24.3 Å². The van der Waals surface area contributed by atoms with E-state index >= 15 is 0 Å². The van der Waals surface area contributed by atoms with Crippen LogP contribution in [0.4, 0.5) is 5.82 Å². The van der Waals surface area contributed by atoms with Gasteiger partial charge in [0.1, 0.15) is 22.5 Å². The van der Waals surface area contributed by atoms with Crippen molar-refractivity contribution in [2.45, 2.75) is 27.3 Å². The van der Waals surface area contributed by atoms with Crippen molar-refractivity contribution >= 4 is 17.4 Å². The molecule has 4 nitrogen and oxygen atoms in total. The smallest absolute Gasteiger partial charge is 0.137 e. The van der Waals surface area contributed by atoms with Gasteiger partial charge in [0.25, 0.3) is 0 Å². The lowest BCUT2D eigenvalue weighted by Crippen LogP contribution is -2.06. The summed E-state index contributed by atoms with van der Waals surface area (Å²) in [6, 6.07) is 7.99. The first-order valence-electron chi connectivity index (χ1n) is 6.56. The zero-order valence-electron chi connectivity index (χ0n) is 11.9. The van der Waals surface area contributed by atoms with E-state index in [2.05, 4.69) is 15.3 Å². The van der Waals surface area contributed by atoms with Crippen molar-refractivity contribution in [2.75, 3.05) is 11.9 Å². The summed E-state index contributed by atoms with van der Waals surface area (Å²) >= 11 is 6.06. The van der Waals surface area contributed by atoms with Gasteiger partial charge < -0.3 is 10.1 Å². The van der Waals surface area contributed by atoms with Crippen LogP contribution in [0.5, 0.6) is 5.75 Å². The summed E-state index contributed by atoms with van der Waals surface area (Å²) < 4.78 is 5.49. The van der Waals surface area contributed by atoms with E-state index in [9.17, 15) is 0 Å². The maximum atomic E-state index is 6.06. The molecule has 0 radical (unpaired) electrons. The Balaban J connectivity index is 2.10. The van der Waals surface area contributed by atoms with Crippen LogP contribution in [0.1, 0.15) is 23.9 Å². The Hall–Kier alpha value is -1.81. The van der Waals surface area contributed by atoms with Crippen LogP contribution in [0, 0.1) is 13.8 Å². The Morgan fingerprint density at radius 2 is 2.05 bits per heavy atom. The number of nitrogens with one attached hydrogen (secondary N) is 1. The number of halogens is 1. The summed E-state index contributed by atoms with van der Waals surface area (Å²) in [5.41, 5.74) is 1.99. The standard InChI is InChI=1S/C15H18ClN3O/c1-4-20-13-7-5-6-12(8-13)9-17-15-10(2)14(16)18-11(3)19-15/h5-8H,4,9H2,1-3H3,(H,17,18,19). The van der Waals surface area contributed by atoms with Gasteiger partial charge in [0.05, 0.1) is 6.61 Å². The number of aromatic nitrogens is 2. The summed E-state index contributed by atoms with van der Waals surface area (Å²) in [4.78, 5) is 8.49. The molecule has 0 unspecified atom stereocenters. The minimum atomic E-state index is 0.489. The Morgan fingerprint density at radius 3 is 2.80 bits per heavy atom. The molecule has 2 aromatic rings. The van der Waals surface area contributed by atoms with Crippen LogP contribution < -0.4 is 10.1 Å². The first-order chi connectivity index (χ1) is 9.60. The first kappa shape index (κ1) is 14.6. The lowest BCUT2D eigenvalue weighted by Gasteiger charge is -2.11. The lowest BCUT2D eigenvalue weighted by molar-refractivity contribution is 0.340. The SMILES string of the molecule is CCOc1cccc(CNc2nc(C)nc(Cl)c2C)c1. The number of rotatable bonds is 5. The number of ether oxygens (including phenoxy) is 1. The van der Waals surface area contributed by atoms with Crippen LogP contribution >= 0.6 is 11.6 Å². The largest absolute Gasteiger partial charge is 0.494 e. The Kier molecular flexibility index (Phi) is 4.79. The molecule has 1 heterocycles. The van der Waals surface area contributed by atoms with Crippen molar-refractivity contribution in [3.8, 4) is 5.75 Å². The van der Waals surface area contributed by atoms with Crippen LogP contribution in [0.2, 0.25) is 5.15 Å². The lowest BCUT2D eigenvalue weighted by atomic mass is 10.2. The van der Waals surface area contributed by atoms with Crippen molar-refractivity contribution in [1.82, 2.24) is 9.97 Å².